The number of benzene rings is 1. The Bertz CT molecular complexity index is 1350. The highest BCUT2D eigenvalue weighted by Gasteiger charge is 2.18. The highest BCUT2D eigenvalue weighted by Crippen LogP contribution is 2.21. The molecule has 30 heavy (non-hydrogen) atoms. The van der Waals surface area contributed by atoms with Gasteiger partial charge in [0, 0.05) is 24.5 Å². The smallest absolute Gasteiger partial charge is 0.291 e. The maximum Gasteiger partial charge on any atom is 0.291 e. The quantitative estimate of drug-likeness (QED) is 0.490. The van der Waals surface area contributed by atoms with Crippen molar-refractivity contribution in [3.63, 3.8) is 0 Å². The number of hydrogen-bond donors (Lipinski definition) is 1. The average Bonchev–Trinajstić information content (AvgIpc) is 3.37. The number of furan rings is 1. The number of fused-ring (bicyclic) bond motifs is 3. The van der Waals surface area contributed by atoms with Crippen molar-refractivity contribution in [1.29, 1.82) is 0 Å². The molecule has 0 fully saturated rings. The highest BCUT2D eigenvalue weighted by molar-refractivity contribution is 5.82. The molecule has 1 atom stereocenters. The first kappa shape index (κ1) is 17.9. The van der Waals surface area contributed by atoms with Gasteiger partial charge in [-0.25, -0.2) is 4.68 Å². The van der Waals surface area contributed by atoms with E-state index in [1.807, 2.05) is 42.5 Å². The maximum absolute atomic E-state index is 12.8. The van der Waals surface area contributed by atoms with Crippen LogP contribution in [-0.2, 0) is 11.3 Å². The number of carbonyl (C=O) groups is 1. The van der Waals surface area contributed by atoms with Gasteiger partial charge in [-0.3, -0.25) is 19.0 Å². The summed E-state index contributed by atoms with van der Waals surface area (Å²) < 4.78 is 8.15. The maximum atomic E-state index is 12.8. The van der Waals surface area contributed by atoms with Crippen molar-refractivity contribution in [2.24, 2.45) is 0 Å². The Kier molecular flexibility index (Phi) is 4.36. The summed E-state index contributed by atoms with van der Waals surface area (Å²) in [6, 6.07) is 16.4. The van der Waals surface area contributed by atoms with E-state index in [1.54, 1.807) is 35.2 Å². The molecule has 4 heterocycles. The normalized spacial score (nSPS) is 12.3. The fourth-order valence-corrected chi connectivity index (χ4v) is 3.55. The lowest BCUT2D eigenvalue weighted by molar-refractivity contribution is -0.122. The van der Waals surface area contributed by atoms with Crippen LogP contribution in [0.2, 0.25) is 0 Å². The summed E-state index contributed by atoms with van der Waals surface area (Å²) in [5.74, 6) is -0.324. The van der Waals surface area contributed by atoms with Gasteiger partial charge in [-0.05, 0) is 23.3 Å². The Morgan fingerprint density at radius 1 is 1.03 bits per heavy atom. The fourth-order valence-electron chi connectivity index (χ4n) is 3.55. The second-order valence-electron chi connectivity index (χ2n) is 6.86. The molecule has 1 N–H and O–H groups in total. The number of aromatic nitrogens is 4. The molecular weight excluding hydrogens is 382 g/mol. The number of nitrogens with zero attached hydrogens (tertiary/aromatic N) is 4. The number of nitrogens with one attached hydrogen (secondary N) is 1. The molecule has 8 nitrogen and oxygen atoms in total. The van der Waals surface area contributed by atoms with E-state index in [-0.39, 0.29) is 24.1 Å². The molecule has 0 radical (unpaired) electrons. The Balaban J connectivity index is 1.44. The van der Waals surface area contributed by atoms with E-state index in [0.717, 1.165) is 21.3 Å². The van der Waals surface area contributed by atoms with Crippen molar-refractivity contribution in [2.75, 3.05) is 0 Å². The molecule has 1 unspecified atom stereocenters. The van der Waals surface area contributed by atoms with Crippen LogP contribution in [-0.4, -0.2) is 25.1 Å². The van der Waals surface area contributed by atoms with Crippen molar-refractivity contribution in [3.05, 3.63) is 101 Å². The molecule has 4 aromatic heterocycles. The minimum atomic E-state index is -0.364. The lowest BCUT2D eigenvalue weighted by atomic mass is 10.00. The molecule has 5 aromatic rings. The van der Waals surface area contributed by atoms with Crippen LogP contribution in [0.5, 0.6) is 0 Å². The summed E-state index contributed by atoms with van der Waals surface area (Å²) in [4.78, 5) is 29.7. The van der Waals surface area contributed by atoms with Crippen LogP contribution < -0.4 is 10.9 Å². The third-order valence-electron chi connectivity index (χ3n) is 4.99. The SMILES string of the molecule is O=C(Cn1ncn2c(cc3occc32)c1=O)NC(c1ccccc1)c1ccncc1. The summed E-state index contributed by atoms with van der Waals surface area (Å²) in [7, 11) is 0. The molecule has 0 saturated carbocycles. The monoisotopic (exact) mass is 399 g/mol. The van der Waals surface area contributed by atoms with E-state index >= 15 is 0 Å². The molecule has 1 aromatic carbocycles. The van der Waals surface area contributed by atoms with Crippen LogP contribution in [0.25, 0.3) is 16.6 Å². The largest absolute Gasteiger partial charge is 0.463 e. The molecule has 0 saturated heterocycles. The van der Waals surface area contributed by atoms with Crippen LogP contribution in [0, 0.1) is 0 Å². The first-order chi connectivity index (χ1) is 14.7. The topological polar surface area (TPSA) is 94.4 Å². The second-order valence-corrected chi connectivity index (χ2v) is 6.86. The Hall–Kier alpha value is -4.20. The van der Waals surface area contributed by atoms with Gasteiger partial charge >= 0.3 is 0 Å². The number of amides is 1. The van der Waals surface area contributed by atoms with Gasteiger partial charge in [-0.2, -0.15) is 5.10 Å². The van der Waals surface area contributed by atoms with Gasteiger partial charge in [0.05, 0.1) is 17.8 Å². The predicted octanol–water partition coefficient (Wildman–Crippen LogP) is 2.54. The van der Waals surface area contributed by atoms with Crippen molar-refractivity contribution >= 4 is 22.5 Å². The van der Waals surface area contributed by atoms with Crippen molar-refractivity contribution < 1.29 is 9.21 Å². The number of pyridine rings is 1. The molecule has 1 amide bonds. The molecular formula is C22H17N5O3. The van der Waals surface area contributed by atoms with Crippen LogP contribution in [0.15, 0.2) is 88.8 Å². The molecule has 148 valence electrons. The molecule has 0 aliphatic heterocycles. The first-order valence-electron chi connectivity index (χ1n) is 9.39. The van der Waals surface area contributed by atoms with Gasteiger partial charge < -0.3 is 9.73 Å². The second kappa shape index (κ2) is 7.32. The minimum Gasteiger partial charge on any atom is -0.463 e. The van der Waals surface area contributed by atoms with E-state index in [9.17, 15) is 9.59 Å². The van der Waals surface area contributed by atoms with Crippen molar-refractivity contribution in [3.8, 4) is 0 Å². The zero-order valence-electron chi connectivity index (χ0n) is 15.8. The lowest BCUT2D eigenvalue weighted by Gasteiger charge is -2.20. The van der Waals surface area contributed by atoms with Gasteiger partial charge in [-0.15, -0.1) is 0 Å². The van der Waals surface area contributed by atoms with Crippen LogP contribution >= 0.6 is 0 Å². The predicted molar refractivity (Wildman–Crippen MR) is 110 cm³/mol. The Labute approximate surface area is 170 Å². The third kappa shape index (κ3) is 3.14. The standard InChI is InChI=1S/C22H17N5O3/c28-20(25-21(15-4-2-1-3-5-15)16-6-9-23-10-7-16)13-27-22(29)18-12-19-17(8-11-30-19)26(18)14-24-27/h1-12,14,21H,13H2,(H,25,28). The van der Waals surface area contributed by atoms with Gasteiger partial charge in [0.15, 0.2) is 5.58 Å². The van der Waals surface area contributed by atoms with Gasteiger partial charge in [0.25, 0.3) is 5.56 Å². The van der Waals surface area contributed by atoms with Crippen LogP contribution in [0.1, 0.15) is 17.2 Å². The Morgan fingerprint density at radius 3 is 2.60 bits per heavy atom. The number of rotatable bonds is 5. The molecule has 8 heteroatoms. The summed E-state index contributed by atoms with van der Waals surface area (Å²) in [5.41, 5.74) is 3.22. The summed E-state index contributed by atoms with van der Waals surface area (Å²) in [5, 5.41) is 7.16. The van der Waals surface area contributed by atoms with Gasteiger partial charge in [0.1, 0.15) is 18.4 Å². The number of hydrogen-bond acceptors (Lipinski definition) is 5. The third-order valence-corrected chi connectivity index (χ3v) is 4.99. The van der Waals surface area contributed by atoms with E-state index in [0.29, 0.717) is 11.1 Å². The van der Waals surface area contributed by atoms with Gasteiger partial charge in [-0.1, -0.05) is 30.3 Å². The summed E-state index contributed by atoms with van der Waals surface area (Å²) in [6.45, 7) is -0.198. The van der Waals surface area contributed by atoms with Crippen LogP contribution in [0.3, 0.4) is 0 Å². The molecule has 0 aliphatic rings. The molecule has 5 rings (SSSR count). The molecule has 0 aliphatic carbocycles. The first-order valence-corrected chi connectivity index (χ1v) is 9.39. The van der Waals surface area contributed by atoms with Gasteiger partial charge in [0.2, 0.25) is 5.91 Å². The average molecular weight is 399 g/mol. The molecule has 0 spiro atoms. The highest BCUT2D eigenvalue weighted by atomic mass is 16.3. The van der Waals surface area contributed by atoms with Crippen molar-refractivity contribution in [1.82, 2.24) is 24.5 Å². The van der Waals surface area contributed by atoms with Crippen molar-refractivity contribution in [2.45, 2.75) is 12.6 Å². The Morgan fingerprint density at radius 2 is 1.80 bits per heavy atom. The summed E-state index contributed by atoms with van der Waals surface area (Å²) >= 11 is 0. The van der Waals surface area contributed by atoms with E-state index in [2.05, 4.69) is 15.4 Å². The van der Waals surface area contributed by atoms with E-state index in [4.69, 9.17) is 4.42 Å². The zero-order valence-corrected chi connectivity index (χ0v) is 15.8. The number of carbonyl (C=O) groups excluding carboxylic acids is 1. The summed E-state index contributed by atoms with van der Waals surface area (Å²) in [6.07, 6.45) is 6.43. The lowest BCUT2D eigenvalue weighted by Crippen LogP contribution is -2.36. The zero-order chi connectivity index (χ0) is 20.5. The van der Waals surface area contributed by atoms with E-state index < -0.39 is 0 Å². The molecule has 0 bridgehead atoms. The minimum absolute atomic E-state index is 0.198. The van der Waals surface area contributed by atoms with Crippen LogP contribution in [0.4, 0.5) is 0 Å². The van der Waals surface area contributed by atoms with E-state index in [1.165, 1.54) is 6.33 Å². The fraction of sp³-hybridized carbons (Fsp3) is 0.0909.